The Morgan fingerprint density at radius 2 is 0.492 bits per heavy atom. The summed E-state index contributed by atoms with van der Waals surface area (Å²) in [4.78, 5) is 10.7. The van der Waals surface area contributed by atoms with Crippen molar-refractivity contribution >= 4 is 60.2 Å². The van der Waals surface area contributed by atoms with Gasteiger partial charge in [-0.3, -0.25) is 0 Å². The number of fused-ring (bicyclic) bond motifs is 10. The molecule has 0 fully saturated rings. The average Bonchev–Trinajstić information content (AvgIpc) is 1.52. The maximum absolute atomic E-state index is 9.50. The normalized spacial score (nSPS) is 11.2. The molecule has 0 aromatic heterocycles. The number of hydrogen-bond donors (Lipinski definition) is 0. The molecule has 0 atom stereocenters. The molecule has 0 N–H and O–H groups in total. The van der Waals surface area contributed by atoms with E-state index < -0.39 is 0 Å². The molecule has 0 amide bonds. The van der Waals surface area contributed by atoms with Crippen LogP contribution in [-0.2, 0) is 0 Å². The summed E-state index contributed by atoms with van der Waals surface area (Å²) in [5.41, 5.74) is 39.1. The molecule has 6 nitrogen and oxygen atoms in total. The smallest absolute Gasteiger partial charge is 0.187 e. The van der Waals surface area contributed by atoms with Crippen molar-refractivity contribution in [2.45, 2.75) is 0 Å². The van der Waals surface area contributed by atoms with Crippen molar-refractivity contribution in [3.05, 3.63) is 427 Å². The van der Waals surface area contributed by atoms with Gasteiger partial charge < -0.3 is 0 Å². The Morgan fingerprint density at radius 1 is 0.178 bits per heavy atom. The quantitative estimate of drug-likeness (QED) is 0.135. The first-order chi connectivity index (χ1) is 58.2. The van der Waals surface area contributed by atoms with Crippen molar-refractivity contribution in [3.63, 3.8) is 0 Å². The minimum absolute atomic E-state index is 0.615. The maximum Gasteiger partial charge on any atom is 0.187 e. The van der Waals surface area contributed by atoms with E-state index in [0.717, 1.165) is 72.1 Å². The topological polar surface area (TPSA) is 84.4 Å². The molecule has 22 rings (SSSR count). The summed E-state index contributed by atoms with van der Waals surface area (Å²) in [5.74, 6) is 0. The third-order valence-electron chi connectivity index (χ3n) is 23.4. The van der Waals surface area contributed by atoms with Crippen LogP contribution in [0.3, 0.4) is 0 Å². The van der Waals surface area contributed by atoms with Gasteiger partial charge in [0.1, 0.15) is 0 Å². The number of benzene rings is 19. The van der Waals surface area contributed by atoms with Gasteiger partial charge in [-0.25, -0.2) is 14.5 Å². The fourth-order valence-corrected chi connectivity index (χ4v) is 17.8. The first-order valence-corrected chi connectivity index (χ1v) is 39.0. The number of rotatable bonds is 9. The van der Waals surface area contributed by atoms with E-state index in [1.807, 2.05) is 121 Å². The number of nitriles is 3. The lowest BCUT2D eigenvalue weighted by Gasteiger charge is -2.16. The first kappa shape index (κ1) is 70.3. The van der Waals surface area contributed by atoms with Gasteiger partial charge in [0, 0.05) is 0 Å². The minimum Gasteiger partial charge on any atom is -0.238 e. The highest BCUT2D eigenvalue weighted by molar-refractivity contribution is 6.24. The van der Waals surface area contributed by atoms with E-state index in [1.165, 1.54) is 138 Å². The molecule has 19 aromatic carbocycles. The summed E-state index contributed by atoms with van der Waals surface area (Å²) in [6.45, 7) is 22.0. The zero-order chi connectivity index (χ0) is 79.5. The van der Waals surface area contributed by atoms with Crippen molar-refractivity contribution in [2.24, 2.45) is 0 Å². The van der Waals surface area contributed by atoms with Gasteiger partial charge in [-0.2, -0.15) is 15.8 Å². The molecule has 540 valence electrons. The fraction of sp³-hybridized carbons (Fsp3) is 0. The molecule has 19 aromatic rings. The maximum atomic E-state index is 9.50. The van der Waals surface area contributed by atoms with Crippen LogP contribution in [0.4, 0.5) is 17.1 Å². The van der Waals surface area contributed by atoms with E-state index in [4.69, 9.17) is 19.7 Å². The molecule has 118 heavy (non-hydrogen) atoms. The second-order valence-electron chi connectivity index (χ2n) is 29.9. The van der Waals surface area contributed by atoms with Crippen LogP contribution in [0, 0.1) is 53.7 Å². The molecule has 0 saturated heterocycles. The summed E-state index contributed by atoms with van der Waals surface area (Å²) in [6.07, 6.45) is 0. The Hall–Kier alpha value is -16.8. The summed E-state index contributed by atoms with van der Waals surface area (Å²) in [5, 5.41) is 38.0. The molecular formula is C112H62N6. The highest BCUT2D eigenvalue weighted by atomic mass is 14.6. The Labute approximate surface area is 683 Å². The molecular weight excluding hydrogens is 1430 g/mol. The molecule has 6 heteroatoms. The highest BCUT2D eigenvalue weighted by Crippen LogP contribution is 2.57. The van der Waals surface area contributed by atoms with E-state index in [1.54, 1.807) is 0 Å². The predicted molar refractivity (Wildman–Crippen MR) is 484 cm³/mol. The van der Waals surface area contributed by atoms with Gasteiger partial charge in [0.2, 0.25) is 0 Å². The average molecular weight is 1490 g/mol. The lowest BCUT2D eigenvalue weighted by atomic mass is 9.87. The van der Waals surface area contributed by atoms with Gasteiger partial charge in [-0.05, 0) is 283 Å². The monoisotopic (exact) mass is 1490 g/mol. The zero-order valence-corrected chi connectivity index (χ0v) is 63.5. The second-order valence-corrected chi connectivity index (χ2v) is 29.9. The Kier molecular flexibility index (Phi) is 17.5. The molecule has 3 aliphatic carbocycles. The largest absolute Gasteiger partial charge is 0.238 e. The lowest BCUT2D eigenvalue weighted by molar-refractivity contribution is 1.48. The van der Waals surface area contributed by atoms with Gasteiger partial charge in [-0.1, -0.05) is 303 Å². The number of hydrogen-bond acceptors (Lipinski definition) is 3. The van der Waals surface area contributed by atoms with Crippen LogP contribution >= 0.6 is 0 Å². The molecule has 0 unspecified atom stereocenters. The first-order valence-electron chi connectivity index (χ1n) is 39.0. The summed E-state index contributed by atoms with van der Waals surface area (Å²) in [6, 6.07) is 137. The van der Waals surface area contributed by atoms with Crippen LogP contribution in [0.25, 0.3) is 225 Å². The van der Waals surface area contributed by atoms with Crippen molar-refractivity contribution < 1.29 is 0 Å². The van der Waals surface area contributed by atoms with Crippen molar-refractivity contribution in [2.75, 3.05) is 0 Å². The third-order valence-corrected chi connectivity index (χ3v) is 23.4. The zero-order valence-electron chi connectivity index (χ0n) is 63.5. The van der Waals surface area contributed by atoms with E-state index >= 15 is 0 Å². The van der Waals surface area contributed by atoms with Gasteiger partial charge in [0.25, 0.3) is 0 Å². The third kappa shape index (κ3) is 12.3. The summed E-state index contributed by atoms with van der Waals surface area (Å²) >= 11 is 0. The molecule has 0 bridgehead atoms. The Bertz CT molecular complexity index is 7630. The van der Waals surface area contributed by atoms with Crippen LogP contribution in [-0.4, -0.2) is 0 Å². The van der Waals surface area contributed by atoms with Gasteiger partial charge in [0.15, 0.2) is 17.1 Å². The van der Waals surface area contributed by atoms with Crippen LogP contribution in [0.5, 0.6) is 0 Å². The van der Waals surface area contributed by atoms with Crippen molar-refractivity contribution in [1.82, 2.24) is 0 Å². The Balaban J connectivity index is 0.000000114. The number of nitrogens with zero attached hydrogens (tertiary/aromatic N) is 6. The van der Waals surface area contributed by atoms with Crippen molar-refractivity contribution in [1.29, 1.82) is 15.8 Å². The SMILES string of the molecule is [C-]#[N+]c1ccc(-c2ccc(-c3ccc(C#N)cc3)c3c2-c2cccc4c(-c5cccc(C#N)c5)ccc-3c24)cc1.[C-]#[N+]c1cccc(-c2ccc(-c3ccc4c(c3)-c3cccc5c(-c6ccccc6)ccc-4c35)cc2)c1.[C-]#[N+]c1cccc(-c2ccc3c(c2)-c2cccc4c(-c5ccc6cc(-c7cccc(C#N)c7)ccc6c5)ccc-3c24)c1. The van der Waals surface area contributed by atoms with E-state index in [0.29, 0.717) is 33.8 Å². The molecule has 0 aliphatic heterocycles. The summed E-state index contributed by atoms with van der Waals surface area (Å²) in [7, 11) is 0. The van der Waals surface area contributed by atoms with E-state index in [2.05, 4.69) is 288 Å². The van der Waals surface area contributed by atoms with Crippen LogP contribution in [0.2, 0.25) is 0 Å². The van der Waals surface area contributed by atoms with Crippen LogP contribution in [0.1, 0.15) is 16.7 Å². The predicted octanol–water partition coefficient (Wildman–Crippen LogP) is 30.9. The highest BCUT2D eigenvalue weighted by Gasteiger charge is 2.30. The standard InChI is InChI=1S/C40H22N2.C37H19N3.C35H21N/c1-42-33-8-3-7-27(22-33)31-15-16-35-38-18-17-34(36-9-4-10-37(40(36)38)39(35)23-31)32-14-13-29-20-28(11-12-30(29)21-32)26-6-2-5-25(19-26)24-41;1-40-28-14-12-26(13-15-28)31-18-17-30(25-10-8-23(21-38)9-11-25)37-34-19-16-29(27-5-2-4-24(20-27)22-39)32-6-3-7-33(35(32)34)36(31)37;1-36-28-10-5-9-26(21-28)23-13-15-24(16-14-23)27-17-18-30-33-20-19-29(25-7-3-2-4-8-25)31-11-6-12-32(35(31)33)34(30)22-27/h2-23H;2-20H;2-22H. The molecule has 0 heterocycles. The fourth-order valence-electron chi connectivity index (χ4n) is 17.8. The molecule has 0 saturated carbocycles. The molecule has 3 aliphatic rings. The lowest BCUT2D eigenvalue weighted by Crippen LogP contribution is -1.90. The van der Waals surface area contributed by atoms with E-state index in [9.17, 15) is 15.8 Å². The second kappa shape index (κ2) is 29.4. The van der Waals surface area contributed by atoms with Gasteiger partial charge in [-0.15, -0.1) is 0 Å². The minimum atomic E-state index is 0.615. The van der Waals surface area contributed by atoms with Gasteiger partial charge in [0.05, 0.1) is 54.6 Å². The van der Waals surface area contributed by atoms with Crippen LogP contribution < -0.4 is 0 Å². The summed E-state index contributed by atoms with van der Waals surface area (Å²) < 4.78 is 0. The van der Waals surface area contributed by atoms with E-state index in [-0.39, 0.29) is 0 Å². The molecule has 0 radical (unpaired) electrons. The van der Waals surface area contributed by atoms with Crippen molar-refractivity contribution in [3.8, 4) is 185 Å². The Morgan fingerprint density at radius 3 is 1.02 bits per heavy atom. The van der Waals surface area contributed by atoms with Gasteiger partial charge >= 0.3 is 0 Å². The molecule has 0 spiro atoms. The van der Waals surface area contributed by atoms with Crippen LogP contribution in [0.15, 0.2) is 376 Å².